The number of carbonyl (C=O) groups is 2. The Labute approximate surface area is 153 Å². The first-order valence-corrected chi connectivity index (χ1v) is 9.29. The van der Waals surface area contributed by atoms with Crippen LogP contribution in [0.15, 0.2) is 51.8 Å². The summed E-state index contributed by atoms with van der Waals surface area (Å²) in [5, 5.41) is 2.44. The molecular formula is C16H15BrN2O5S. The highest BCUT2D eigenvalue weighted by Crippen LogP contribution is 2.25. The van der Waals surface area contributed by atoms with Crippen molar-refractivity contribution in [1.29, 1.82) is 0 Å². The quantitative estimate of drug-likeness (QED) is 0.714. The van der Waals surface area contributed by atoms with E-state index < -0.39 is 21.9 Å². The number of esters is 1. The summed E-state index contributed by atoms with van der Waals surface area (Å²) in [6, 6.07) is 10.3. The van der Waals surface area contributed by atoms with E-state index in [9.17, 15) is 18.0 Å². The summed E-state index contributed by atoms with van der Waals surface area (Å²) in [6.07, 6.45) is 0. The highest BCUT2D eigenvalue weighted by Gasteiger charge is 2.25. The predicted octanol–water partition coefficient (Wildman–Crippen LogP) is 2.40. The number of anilines is 1. The van der Waals surface area contributed by atoms with Crippen molar-refractivity contribution in [2.75, 3.05) is 18.9 Å². The fourth-order valence-electron chi connectivity index (χ4n) is 2.11. The predicted molar refractivity (Wildman–Crippen MR) is 96.1 cm³/mol. The molecule has 0 saturated carbocycles. The summed E-state index contributed by atoms with van der Waals surface area (Å²) in [5.41, 5.74) is 0.132. The average molecular weight is 427 g/mol. The Bertz CT molecular complexity index is 928. The van der Waals surface area contributed by atoms with Gasteiger partial charge in [-0.15, -0.1) is 0 Å². The summed E-state index contributed by atoms with van der Waals surface area (Å²) in [6.45, 7) is 0. The van der Waals surface area contributed by atoms with Gasteiger partial charge in [-0.05, 0) is 30.3 Å². The number of sulfonamides is 1. The van der Waals surface area contributed by atoms with Crippen molar-refractivity contribution in [3.05, 3.63) is 58.1 Å². The van der Waals surface area contributed by atoms with Gasteiger partial charge in [0.1, 0.15) is 4.90 Å². The van der Waals surface area contributed by atoms with Gasteiger partial charge < -0.3 is 10.1 Å². The van der Waals surface area contributed by atoms with Gasteiger partial charge in [0.25, 0.3) is 15.9 Å². The Morgan fingerprint density at radius 3 is 2.40 bits per heavy atom. The first kappa shape index (κ1) is 18.9. The Hall–Kier alpha value is -2.39. The molecule has 2 aromatic carbocycles. The molecule has 0 aliphatic heterocycles. The lowest BCUT2D eigenvalue weighted by molar-refractivity contribution is 0.0596. The maximum absolute atomic E-state index is 12.8. The second kappa shape index (κ2) is 7.66. The lowest BCUT2D eigenvalue weighted by Crippen LogP contribution is -2.22. The van der Waals surface area contributed by atoms with Gasteiger partial charge in [-0.25, -0.2) is 13.2 Å². The number of halogens is 1. The molecule has 9 heteroatoms. The summed E-state index contributed by atoms with van der Waals surface area (Å²) < 4.78 is 33.0. The molecule has 0 aliphatic rings. The Balaban J connectivity index is 2.52. The molecule has 0 spiro atoms. The number of methoxy groups -OCH3 is 1. The zero-order valence-corrected chi connectivity index (χ0v) is 15.8. The van der Waals surface area contributed by atoms with Crippen molar-refractivity contribution in [3.8, 4) is 0 Å². The Morgan fingerprint density at radius 1 is 1.08 bits per heavy atom. The molecule has 25 heavy (non-hydrogen) atoms. The van der Waals surface area contributed by atoms with Crippen LogP contribution in [-0.4, -0.2) is 34.5 Å². The van der Waals surface area contributed by atoms with E-state index in [1.54, 1.807) is 12.1 Å². The van der Waals surface area contributed by atoms with Gasteiger partial charge in [0, 0.05) is 11.5 Å². The van der Waals surface area contributed by atoms with Gasteiger partial charge in [0.2, 0.25) is 0 Å². The minimum atomic E-state index is -4.13. The van der Waals surface area contributed by atoms with Crippen LogP contribution in [0.25, 0.3) is 0 Å². The first-order chi connectivity index (χ1) is 11.8. The number of carbonyl (C=O) groups excluding carboxylic acids is 2. The number of nitrogens with one attached hydrogen (secondary N) is 2. The Morgan fingerprint density at radius 2 is 1.76 bits per heavy atom. The van der Waals surface area contributed by atoms with Crippen LogP contribution in [0.3, 0.4) is 0 Å². The number of para-hydroxylation sites is 1. The maximum atomic E-state index is 12.8. The smallest absolute Gasteiger partial charge is 0.339 e. The van der Waals surface area contributed by atoms with E-state index >= 15 is 0 Å². The third-order valence-electron chi connectivity index (χ3n) is 3.28. The van der Waals surface area contributed by atoms with Gasteiger partial charge >= 0.3 is 5.97 Å². The minimum Gasteiger partial charge on any atom is -0.465 e. The van der Waals surface area contributed by atoms with Crippen LogP contribution >= 0.6 is 15.9 Å². The van der Waals surface area contributed by atoms with Crippen LogP contribution in [0.1, 0.15) is 20.7 Å². The molecule has 1 amide bonds. The highest BCUT2D eigenvalue weighted by atomic mass is 79.9. The number of amides is 1. The summed E-state index contributed by atoms with van der Waals surface area (Å²) in [7, 11) is -1.53. The van der Waals surface area contributed by atoms with E-state index in [0.717, 1.165) is 7.11 Å². The molecule has 0 radical (unpaired) electrons. The van der Waals surface area contributed by atoms with Crippen molar-refractivity contribution in [1.82, 2.24) is 5.32 Å². The van der Waals surface area contributed by atoms with E-state index in [0.29, 0.717) is 4.47 Å². The molecule has 0 bridgehead atoms. The SMILES string of the molecule is CNC(=O)c1ccccc1NS(=O)(=O)c1ccc(Br)cc1C(=O)OC. The standard InChI is InChI=1S/C16H15BrN2O5S/c1-18-15(20)11-5-3-4-6-13(11)19-25(22,23)14-8-7-10(17)9-12(14)16(21)24-2/h3-9,19H,1-2H3,(H,18,20). The number of benzene rings is 2. The molecule has 7 nitrogen and oxygen atoms in total. The number of ether oxygens (including phenoxy) is 1. The molecule has 0 aliphatic carbocycles. The lowest BCUT2D eigenvalue weighted by atomic mass is 10.2. The van der Waals surface area contributed by atoms with Gasteiger partial charge in [-0.2, -0.15) is 0 Å². The average Bonchev–Trinajstić information content (AvgIpc) is 2.60. The molecule has 2 N–H and O–H groups in total. The van der Waals surface area contributed by atoms with E-state index in [1.165, 1.54) is 37.4 Å². The van der Waals surface area contributed by atoms with Crippen molar-refractivity contribution in [2.24, 2.45) is 0 Å². The van der Waals surface area contributed by atoms with Crippen molar-refractivity contribution >= 4 is 43.5 Å². The Kier molecular flexibility index (Phi) is 5.81. The van der Waals surface area contributed by atoms with Crippen LogP contribution in [0.2, 0.25) is 0 Å². The fourth-order valence-corrected chi connectivity index (χ4v) is 3.73. The number of hydrogen-bond donors (Lipinski definition) is 2. The van der Waals surface area contributed by atoms with Crippen molar-refractivity contribution in [3.63, 3.8) is 0 Å². The molecule has 0 fully saturated rings. The zero-order valence-electron chi connectivity index (χ0n) is 13.4. The van der Waals surface area contributed by atoms with Gasteiger partial charge in [-0.3, -0.25) is 9.52 Å². The van der Waals surface area contributed by atoms with Crippen LogP contribution in [-0.2, 0) is 14.8 Å². The fraction of sp³-hybridized carbons (Fsp3) is 0.125. The van der Waals surface area contributed by atoms with E-state index in [2.05, 4.69) is 30.7 Å². The van der Waals surface area contributed by atoms with E-state index in [1.807, 2.05) is 0 Å². The molecule has 132 valence electrons. The van der Waals surface area contributed by atoms with E-state index in [4.69, 9.17) is 0 Å². The lowest BCUT2D eigenvalue weighted by Gasteiger charge is -2.14. The topological polar surface area (TPSA) is 102 Å². The summed E-state index contributed by atoms with van der Waals surface area (Å²) in [5.74, 6) is -1.23. The van der Waals surface area contributed by atoms with Crippen molar-refractivity contribution < 1.29 is 22.7 Å². The van der Waals surface area contributed by atoms with Crippen molar-refractivity contribution in [2.45, 2.75) is 4.90 Å². The maximum Gasteiger partial charge on any atom is 0.339 e. The van der Waals surface area contributed by atoms with Gasteiger partial charge in [-0.1, -0.05) is 28.1 Å². The van der Waals surface area contributed by atoms with E-state index in [-0.39, 0.29) is 21.7 Å². The largest absolute Gasteiger partial charge is 0.465 e. The molecule has 0 heterocycles. The second-order valence-corrected chi connectivity index (χ2v) is 7.43. The van der Waals surface area contributed by atoms with Crippen LogP contribution in [0.4, 0.5) is 5.69 Å². The second-order valence-electron chi connectivity index (χ2n) is 4.86. The molecule has 0 unspecified atom stereocenters. The molecule has 0 atom stereocenters. The first-order valence-electron chi connectivity index (χ1n) is 7.02. The highest BCUT2D eigenvalue weighted by molar-refractivity contribution is 9.10. The molecular weight excluding hydrogens is 412 g/mol. The normalized spacial score (nSPS) is 10.8. The molecule has 2 rings (SSSR count). The molecule has 0 aromatic heterocycles. The summed E-state index contributed by atoms with van der Waals surface area (Å²) >= 11 is 3.19. The number of rotatable bonds is 5. The van der Waals surface area contributed by atoms with Gasteiger partial charge in [0.15, 0.2) is 0 Å². The van der Waals surface area contributed by atoms with Crippen LogP contribution in [0, 0.1) is 0 Å². The van der Waals surface area contributed by atoms with Crippen LogP contribution in [0.5, 0.6) is 0 Å². The molecule has 2 aromatic rings. The monoisotopic (exact) mass is 426 g/mol. The number of hydrogen-bond acceptors (Lipinski definition) is 5. The van der Waals surface area contributed by atoms with Crippen LogP contribution < -0.4 is 10.0 Å². The third-order valence-corrected chi connectivity index (χ3v) is 5.20. The third kappa shape index (κ3) is 4.18. The molecule has 0 saturated heterocycles. The summed E-state index contributed by atoms with van der Waals surface area (Å²) in [4.78, 5) is 23.5. The van der Waals surface area contributed by atoms with Gasteiger partial charge in [0.05, 0.1) is 23.9 Å². The minimum absolute atomic E-state index is 0.0978. The zero-order chi connectivity index (χ0) is 18.6.